The Bertz CT molecular complexity index is 479. The number of carbonyl (C=O) groups is 1. The van der Waals surface area contributed by atoms with E-state index in [2.05, 4.69) is 0 Å². The van der Waals surface area contributed by atoms with Crippen LogP contribution >= 0.6 is 0 Å². The number of halogens is 3. The average Bonchev–Trinajstić information content (AvgIpc) is 2.25. The van der Waals surface area contributed by atoms with Gasteiger partial charge in [0, 0.05) is 0 Å². The molecule has 0 bridgehead atoms. The molecule has 0 radical (unpaired) electrons. The third-order valence-electron chi connectivity index (χ3n) is 2.23. The summed E-state index contributed by atoms with van der Waals surface area (Å²) in [6.07, 6.45) is -5.21. The molecule has 20 heavy (non-hydrogen) atoms. The fourth-order valence-electron chi connectivity index (χ4n) is 1.50. The van der Waals surface area contributed by atoms with E-state index in [0.29, 0.717) is 0 Å². The molecule has 112 valence electrons. The fourth-order valence-corrected chi connectivity index (χ4v) is 1.50. The Kier molecular flexibility index (Phi) is 5.03. The van der Waals surface area contributed by atoms with Crippen molar-refractivity contribution >= 4 is 5.97 Å². The van der Waals surface area contributed by atoms with E-state index in [9.17, 15) is 18.0 Å². The van der Waals surface area contributed by atoms with E-state index in [0.717, 1.165) is 18.2 Å². The topological polar surface area (TPSA) is 35.5 Å². The highest BCUT2D eigenvalue weighted by Gasteiger charge is 2.32. The monoisotopic (exact) mass is 290 g/mol. The highest BCUT2D eigenvalue weighted by Crippen LogP contribution is 2.33. The van der Waals surface area contributed by atoms with Crippen molar-refractivity contribution in [2.24, 2.45) is 0 Å². The highest BCUT2D eigenvalue weighted by atomic mass is 19.4. The van der Waals surface area contributed by atoms with Crippen LogP contribution in [0.2, 0.25) is 0 Å². The van der Waals surface area contributed by atoms with Gasteiger partial charge in [-0.2, -0.15) is 13.2 Å². The molecule has 0 aliphatic carbocycles. The lowest BCUT2D eigenvalue weighted by Gasteiger charge is -2.17. The summed E-state index contributed by atoms with van der Waals surface area (Å²) in [6.45, 7) is 6.64. The second-order valence-electron chi connectivity index (χ2n) is 4.83. The van der Waals surface area contributed by atoms with Crippen LogP contribution < -0.4 is 4.74 Å². The Labute approximate surface area is 115 Å². The number of rotatable bonds is 4. The zero-order chi connectivity index (χ0) is 15.5. The van der Waals surface area contributed by atoms with Crippen LogP contribution in [0.15, 0.2) is 18.2 Å². The molecule has 0 atom stereocenters. The lowest BCUT2D eigenvalue weighted by atomic mass is 10.1. The Morgan fingerprint density at radius 3 is 2.15 bits per heavy atom. The van der Waals surface area contributed by atoms with Crippen LogP contribution in [0.3, 0.4) is 0 Å². The molecule has 0 N–H and O–H groups in total. The van der Waals surface area contributed by atoms with Crippen molar-refractivity contribution in [3.8, 4) is 5.75 Å². The fraction of sp³-hybridized carbons (Fsp3) is 0.500. The van der Waals surface area contributed by atoms with Crippen LogP contribution in [0.5, 0.6) is 5.75 Å². The predicted octanol–water partition coefficient (Wildman–Crippen LogP) is 4.06. The SMILES string of the molecule is CC(C)OC(=O)c1ccc(C(F)(F)F)cc1OC(C)C. The second kappa shape index (κ2) is 6.15. The Hall–Kier alpha value is -1.72. The molecule has 1 aromatic carbocycles. The van der Waals surface area contributed by atoms with Crippen LogP contribution in [-0.4, -0.2) is 18.2 Å². The van der Waals surface area contributed by atoms with E-state index in [-0.39, 0.29) is 23.5 Å². The van der Waals surface area contributed by atoms with Crippen molar-refractivity contribution in [3.63, 3.8) is 0 Å². The first kappa shape index (κ1) is 16.3. The summed E-state index contributed by atoms with van der Waals surface area (Å²) in [5, 5.41) is 0. The van der Waals surface area contributed by atoms with Crippen LogP contribution in [0.4, 0.5) is 13.2 Å². The average molecular weight is 290 g/mol. The lowest BCUT2D eigenvalue weighted by molar-refractivity contribution is -0.137. The van der Waals surface area contributed by atoms with E-state index >= 15 is 0 Å². The maximum absolute atomic E-state index is 12.7. The number of hydrogen-bond donors (Lipinski definition) is 0. The zero-order valence-corrected chi connectivity index (χ0v) is 11.7. The first-order valence-electron chi connectivity index (χ1n) is 6.20. The van der Waals surface area contributed by atoms with Gasteiger partial charge in [-0.3, -0.25) is 0 Å². The lowest BCUT2D eigenvalue weighted by Crippen LogP contribution is -2.16. The minimum absolute atomic E-state index is 0.0135. The maximum Gasteiger partial charge on any atom is 0.416 e. The number of ether oxygens (including phenoxy) is 2. The molecule has 0 aliphatic heterocycles. The Morgan fingerprint density at radius 2 is 1.70 bits per heavy atom. The van der Waals surface area contributed by atoms with Crippen molar-refractivity contribution in [2.75, 3.05) is 0 Å². The molecular weight excluding hydrogens is 273 g/mol. The van der Waals surface area contributed by atoms with Gasteiger partial charge in [0.1, 0.15) is 11.3 Å². The quantitative estimate of drug-likeness (QED) is 0.784. The first-order valence-corrected chi connectivity index (χ1v) is 6.20. The van der Waals surface area contributed by atoms with Gasteiger partial charge in [-0.1, -0.05) is 0 Å². The molecular formula is C14H17F3O3. The third kappa shape index (κ3) is 4.43. The van der Waals surface area contributed by atoms with Crippen LogP contribution in [-0.2, 0) is 10.9 Å². The zero-order valence-electron chi connectivity index (χ0n) is 11.7. The van der Waals surface area contributed by atoms with Gasteiger partial charge in [-0.05, 0) is 45.9 Å². The molecule has 1 aromatic rings. The summed E-state index contributed by atoms with van der Waals surface area (Å²) in [5.74, 6) is -0.829. The molecule has 6 heteroatoms. The molecule has 0 saturated carbocycles. The smallest absolute Gasteiger partial charge is 0.416 e. The highest BCUT2D eigenvalue weighted by molar-refractivity contribution is 5.92. The molecule has 0 fully saturated rings. The number of alkyl halides is 3. The van der Waals surface area contributed by atoms with Crippen LogP contribution in [0.25, 0.3) is 0 Å². The molecule has 0 heterocycles. The first-order chi connectivity index (χ1) is 9.11. The van der Waals surface area contributed by atoms with Crippen LogP contribution in [0.1, 0.15) is 43.6 Å². The number of benzene rings is 1. The molecule has 0 amide bonds. The standard InChI is InChI=1S/C14H17F3O3/c1-8(2)19-12-7-10(14(15,16)17)5-6-11(12)13(18)20-9(3)4/h5-9H,1-4H3. The van der Waals surface area contributed by atoms with Gasteiger partial charge in [0.05, 0.1) is 17.8 Å². The van der Waals surface area contributed by atoms with Gasteiger partial charge in [-0.15, -0.1) is 0 Å². The predicted molar refractivity (Wildman–Crippen MR) is 67.8 cm³/mol. The molecule has 0 aromatic heterocycles. The van der Waals surface area contributed by atoms with E-state index in [1.807, 2.05) is 0 Å². The molecule has 0 unspecified atom stereocenters. The van der Waals surface area contributed by atoms with Crippen molar-refractivity contribution in [3.05, 3.63) is 29.3 Å². The van der Waals surface area contributed by atoms with Crippen molar-refractivity contribution in [1.29, 1.82) is 0 Å². The van der Waals surface area contributed by atoms with Crippen molar-refractivity contribution < 1.29 is 27.4 Å². The van der Waals surface area contributed by atoms with Gasteiger partial charge in [0.25, 0.3) is 0 Å². The summed E-state index contributed by atoms with van der Waals surface area (Å²) in [4.78, 5) is 11.8. The second-order valence-corrected chi connectivity index (χ2v) is 4.83. The number of esters is 1. The number of hydrogen-bond acceptors (Lipinski definition) is 3. The maximum atomic E-state index is 12.7. The largest absolute Gasteiger partial charge is 0.490 e. The van der Waals surface area contributed by atoms with Crippen molar-refractivity contribution in [2.45, 2.75) is 46.1 Å². The Morgan fingerprint density at radius 1 is 1.10 bits per heavy atom. The third-order valence-corrected chi connectivity index (χ3v) is 2.23. The van der Waals surface area contributed by atoms with E-state index < -0.39 is 17.7 Å². The number of carbonyl (C=O) groups excluding carboxylic acids is 1. The summed E-state index contributed by atoms with van der Waals surface area (Å²) >= 11 is 0. The van der Waals surface area contributed by atoms with E-state index in [1.165, 1.54) is 0 Å². The summed E-state index contributed by atoms with van der Waals surface area (Å²) in [7, 11) is 0. The molecule has 0 saturated heterocycles. The summed E-state index contributed by atoms with van der Waals surface area (Å²) in [6, 6.07) is 2.73. The molecule has 3 nitrogen and oxygen atoms in total. The minimum Gasteiger partial charge on any atom is -0.490 e. The van der Waals surface area contributed by atoms with Gasteiger partial charge >= 0.3 is 12.1 Å². The normalized spacial score (nSPS) is 11.8. The molecule has 0 spiro atoms. The van der Waals surface area contributed by atoms with Gasteiger partial charge in [0.2, 0.25) is 0 Å². The summed E-state index contributed by atoms with van der Waals surface area (Å²) < 4.78 is 48.3. The van der Waals surface area contributed by atoms with Gasteiger partial charge < -0.3 is 9.47 Å². The minimum atomic E-state index is -4.49. The molecule has 1 rings (SSSR count). The van der Waals surface area contributed by atoms with E-state index in [1.54, 1.807) is 27.7 Å². The molecule has 0 aliphatic rings. The van der Waals surface area contributed by atoms with Gasteiger partial charge in [0.15, 0.2) is 0 Å². The Balaban J connectivity index is 3.20. The van der Waals surface area contributed by atoms with Gasteiger partial charge in [-0.25, -0.2) is 4.79 Å². The summed E-state index contributed by atoms with van der Waals surface area (Å²) in [5.41, 5.74) is -0.880. The van der Waals surface area contributed by atoms with E-state index in [4.69, 9.17) is 9.47 Å². The van der Waals surface area contributed by atoms with Crippen molar-refractivity contribution in [1.82, 2.24) is 0 Å². The van der Waals surface area contributed by atoms with Crippen LogP contribution in [0, 0.1) is 0 Å².